The summed E-state index contributed by atoms with van der Waals surface area (Å²) in [5.74, 6) is 0.820. The highest BCUT2D eigenvalue weighted by atomic mass is 35.5. The maximum atomic E-state index is 12.7. The smallest absolute Gasteiger partial charge is 0.231 e. The number of halogens is 1. The van der Waals surface area contributed by atoms with Gasteiger partial charge in [0.15, 0.2) is 5.65 Å². The minimum atomic E-state index is -0.0443. The maximum absolute atomic E-state index is 12.7. The number of nitrogens with one attached hydrogen (secondary N) is 1. The first-order valence-electron chi connectivity index (χ1n) is 10.4. The number of aromatic nitrogens is 3. The van der Waals surface area contributed by atoms with Crippen LogP contribution in [-0.2, 0) is 4.79 Å². The lowest BCUT2D eigenvalue weighted by Crippen LogP contribution is -2.44. The Morgan fingerprint density at radius 1 is 1.23 bits per heavy atom. The van der Waals surface area contributed by atoms with Crippen molar-refractivity contribution >= 4 is 34.8 Å². The van der Waals surface area contributed by atoms with E-state index in [9.17, 15) is 4.79 Å². The molecule has 0 bridgehead atoms. The van der Waals surface area contributed by atoms with Gasteiger partial charge in [-0.05, 0) is 43.5 Å². The summed E-state index contributed by atoms with van der Waals surface area (Å²) in [6, 6.07) is 14.0. The molecule has 7 nitrogen and oxygen atoms in total. The van der Waals surface area contributed by atoms with Gasteiger partial charge in [0.2, 0.25) is 11.9 Å². The van der Waals surface area contributed by atoms with Crippen molar-refractivity contribution < 1.29 is 4.79 Å². The van der Waals surface area contributed by atoms with Crippen molar-refractivity contribution in [3.63, 3.8) is 0 Å². The van der Waals surface area contributed by atoms with Crippen LogP contribution >= 0.6 is 11.6 Å². The van der Waals surface area contributed by atoms with Gasteiger partial charge in [-0.15, -0.1) is 10.2 Å². The molecule has 3 heterocycles. The summed E-state index contributed by atoms with van der Waals surface area (Å²) in [5.41, 5.74) is 1.83. The fraction of sp³-hybridized carbons (Fsp3) is 0.409. The number of rotatable bonds is 7. The van der Waals surface area contributed by atoms with Gasteiger partial charge in [0.05, 0.1) is 10.9 Å². The Bertz CT molecular complexity index is 992. The monoisotopic (exact) mass is 426 g/mol. The van der Waals surface area contributed by atoms with E-state index in [2.05, 4.69) is 44.5 Å². The van der Waals surface area contributed by atoms with Gasteiger partial charge in [0.25, 0.3) is 0 Å². The number of nitrogens with zero attached hydrogens (tertiary/aromatic N) is 5. The highest BCUT2D eigenvalue weighted by molar-refractivity contribution is 6.33. The number of piperidine rings is 1. The van der Waals surface area contributed by atoms with Gasteiger partial charge in [-0.2, -0.15) is 0 Å². The second-order valence-electron chi connectivity index (χ2n) is 7.74. The molecule has 3 aromatic rings. The van der Waals surface area contributed by atoms with Crippen LogP contribution in [0, 0.1) is 5.92 Å². The van der Waals surface area contributed by atoms with E-state index in [0.29, 0.717) is 23.8 Å². The Labute approximate surface area is 181 Å². The second-order valence-corrected chi connectivity index (χ2v) is 8.14. The molecule has 2 aromatic heterocycles. The van der Waals surface area contributed by atoms with E-state index in [1.54, 1.807) is 6.07 Å². The summed E-state index contributed by atoms with van der Waals surface area (Å²) in [6.07, 6.45) is 4.65. The highest BCUT2D eigenvalue weighted by Crippen LogP contribution is 2.25. The van der Waals surface area contributed by atoms with E-state index in [1.165, 1.54) is 5.69 Å². The number of benzene rings is 1. The SMILES string of the molecule is CN(CCCNC(=O)[C@H]1CCCN(c2nnc3c(Cl)cccn23)C1)c1ccccc1. The van der Waals surface area contributed by atoms with E-state index in [0.717, 1.165) is 38.3 Å². The number of carbonyl (C=O) groups excluding carboxylic acids is 1. The van der Waals surface area contributed by atoms with Crippen LogP contribution in [0.25, 0.3) is 5.65 Å². The largest absolute Gasteiger partial charge is 0.375 e. The van der Waals surface area contributed by atoms with Crippen molar-refractivity contribution in [2.24, 2.45) is 5.92 Å². The number of para-hydroxylation sites is 1. The average Bonchev–Trinajstić information content (AvgIpc) is 3.23. The molecule has 8 heteroatoms. The number of carbonyl (C=O) groups is 1. The fourth-order valence-electron chi connectivity index (χ4n) is 3.94. The number of pyridine rings is 1. The molecule has 4 rings (SSSR count). The van der Waals surface area contributed by atoms with Crippen LogP contribution in [0.5, 0.6) is 0 Å². The van der Waals surface area contributed by atoms with E-state index in [-0.39, 0.29) is 11.8 Å². The van der Waals surface area contributed by atoms with Crippen LogP contribution in [0.4, 0.5) is 11.6 Å². The predicted octanol–water partition coefficient (Wildman–Crippen LogP) is 3.24. The fourth-order valence-corrected chi connectivity index (χ4v) is 4.15. The molecule has 0 spiro atoms. The first kappa shape index (κ1) is 20.5. The van der Waals surface area contributed by atoms with Crippen LogP contribution in [-0.4, -0.2) is 53.7 Å². The highest BCUT2D eigenvalue weighted by Gasteiger charge is 2.28. The molecule has 1 amide bonds. The molecule has 0 radical (unpaired) electrons. The van der Waals surface area contributed by atoms with Gasteiger partial charge in [0.1, 0.15) is 0 Å². The zero-order valence-electron chi connectivity index (χ0n) is 17.2. The lowest BCUT2D eigenvalue weighted by Gasteiger charge is -2.32. The minimum absolute atomic E-state index is 0.0443. The zero-order valence-corrected chi connectivity index (χ0v) is 17.9. The third-order valence-corrected chi connectivity index (χ3v) is 5.91. The van der Waals surface area contributed by atoms with Gasteiger partial charge in [-0.3, -0.25) is 9.20 Å². The predicted molar refractivity (Wildman–Crippen MR) is 120 cm³/mol. The second kappa shape index (κ2) is 9.34. The minimum Gasteiger partial charge on any atom is -0.375 e. The van der Waals surface area contributed by atoms with Gasteiger partial charge in [0, 0.05) is 45.1 Å². The number of amides is 1. The van der Waals surface area contributed by atoms with Crippen molar-refractivity contribution in [3.05, 3.63) is 53.7 Å². The van der Waals surface area contributed by atoms with Crippen LogP contribution in [0.15, 0.2) is 48.7 Å². The van der Waals surface area contributed by atoms with Crippen LogP contribution in [0.1, 0.15) is 19.3 Å². The molecule has 1 fully saturated rings. The quantitative estimate of drug-likeness (QED) is 0.587. The van der Waals surface area contributed by atoms with Crippen molar-refractivity contribution in [2.45, 2.75) is 19.3 Å². The van der Waals surface area contributed by atoms with Gasteiger partial charge in [-0.25, -0.2) is 0 Å². The summed E-state index contributed by atoms with van der Waals surface area (Å²) in [7, 11) is 2.07. The zero-order chi connectivity index (χ0) is 20.9. The standard InChI is InChI=1S/C22H27ClN6O/c1-27(18-9-3-2-4-10-18)13-7-12-24-21(30)17-8-5-14-28(16-17)22-26-25-20-19(23)11-6-15-29(20)22/h2-4,6,9-11,15,17H,5,7-8,12-14,16H2,1H3,(H,24,30)/t17-/m0/s1. The molecule has 0 aliphatic carbocycles. The normalized spacial score (nSPS) is 16.6. The summed E-state index contributed by atoms with van der Waals surface area (Å²) < 4.78 is 1.89. The third kappa shape index (κ3) is 4.51. The summed E-state index contributed by atoms with van der Waals surface area (Å²) >= 11 is 6.21. The molecule has 1 N–H and O–H groups in total. The number of hydrogen-bond donors (Lipinski definition) is 1. The summed E-state index contributed by atoms with van der Waals surface area (Å²) in [4.78, 5) is 17.1. The van der Waals surface area contributed by atoms with Crippen LogP contribution < -0.4 is 15.1 Å². The Morgan fingerprint density at radius 3 is 2.90 bits per heavy atom. The average molecular weight is 427 g/mol. The summed E-state index contributed by atoms with van der Waals surface area (Å²) in [6.45, 7) is 3.07. The number of hydrogen-bond acceptors (Lipinski definition) is 5. The third-order valence-electron chi connectivity index (χ3n) is 5.61. The van der Waals surface area contributed by atoms with Crippen molar-refractivity contribution in [3.8, 4) is 0 Å². The Hall–Kier alpha value is -2.80. The van der Waals surface area contributed by atoms with Crippen LogP contribution in [0.3, 0.4) is 0 Å². The van der Waals surface area contributed by atoms with E-state index < -0.39 is 0 Å². The molecule has 1 aliphatic heterocycles. The lowest BCUT2D eigenvalue weighted by atomic mass is 9.97. The van der Waals surface area contributed by atoms with E-state index in [4.69, 9.17) is 11.6 Å². The first-order valence-corrected chi connectivity index (χ1v) is 10.8. The first-order chi connectivity index (χ1) is 14.6. The molecular formula is C22H27ClN6O. The van der Waals surface area contributed by atoms with Gasteiger partial charge in [-0.1, -0.05) is 29.8 Å². The molecule has 1 aliphatic rings. The number of anilines is 2. The van der Waals surface area contributed by atoms with Gasteiger partial charge < -0.3 is 15.1 Å². The van der Waals surface area contributed by atoms with Crippen molar-refractivity contribution in [2.75, 3.05) is 43.0 Å². The molecule has 158 valence electrons. The topological polar surface area (TPSA) is 65.8 Å². The van der Waals surface area contributed by atoms with E-state index >= 15 is 0 Å². The molecule has 30 heavy (non-hydrogen) atoms. The van der Waals surface area contributed by atoms with Crippen molar-refractivity contribution in [1.82, 2.24) is 19.9 Å². The lowest BCUT2D eigenvalue weighted by molar-refractivity contribution is -0.125. The molecule has 0 saturated carbocycles. The molecule has 0 unspecified atom stereocenters. The maximum Gasteiger partial charge on any atom is 0.231 e. The Morgan fingerprint density at radius 2 is 2.07 bits per heavy atom. The van der Waals surface area contributed by atoms with Crippen LogP contribution in [0.2, 0.25) is 5.02 Å². The molecular weight excluding hydrogens is 400 g/mol. The molecule has 1 aromatic carbocycles. The molecule has 1 atom stereocenters. The molecule has 1 saturated heterocycles. The van der Waals surface area contributed by atoms with Crippen molar-refractivity contribution in [1.29, 1.82) is 0 Å². The number of fused-ring (bicyclic) bond motifs is 1. The Kier molecular flexibility index (Phi) is 6.38. The van der Waals surface area contributed by atoms with Gasteiger partial charge >= 0.3 is 0 Å². The Balaban J connectivity index is 1.29. The van der Waals surface area contributed by atoms with E-state index in [1.807, 2.05) is 34.9 Å². The summed E-state index contributed by atoms with van der Waals surface area (Å²) in [5, 5.41) is 12.2.